The van der Waals surface area contributed by atoms with Gasteiger partial charge in [0.1, 0.15) is 0 Å². The predicted molar refractivity (Wildman–Crippen MR) is 80.5 cm³/mol. The highest BCUT2D eigenvalue weighted by molar-refractivity contribution is 6.14. The van der Waals surface area contributed by atoms with Crippen LogP contribution >= 0.6 is 0 Å². The van der Waals surface area contributed by atoms with Gasteiger partial charge in [-0.25, -0.2) is 0 Å². The van der Waals surface area contributed by atoms with E-state index in [2.05, 4.69) is 47.8 Å². The first-order valence-electron chi connectivity index (χ1n) is 6.79. The maximum absolute atomic E-state index is 6.39. The summed E-state index contributed by atoms with van der Waals surface area (Å²) in [6, 6.07) is 0. The van der Waals surface area contributed by atoms with Crippen molar-refractivity contribution >= 4 is 7.85 Å². The van der Waals surface area contributed by atoms with Crippen LogP contribution in [0.2, 0.25) is 5.31 Å². The molecule has 1 heteroatoms. The van der Waals surface area contributed by atoms with Crippen LogP contribution in [0.4, 0.5) is 0 Å². The Hall–Kier alpha value is -0.455. The highest BCUT2D eigenvalue weighted by Crippen LogP contribution is 2.38. The smallest absolute Gasteiger partial charge is 0.0742 e. The van der Waals surface area contributed by atoms with Gasteiger partial charge in [0.25, 0.3) is 0 Å². The monoisotopic (exact) mass is 232 g/mol. The number of allylic oxidation sites excluding steroid dienone is 2. The zero-order chi connectivity index (χ0) is 13.6. The minimum atomic E-state index is -0.0562. The molecule has 0 aromatic rings. The molecule has 96 valence electrons. The molecule has 0 rings (SSSR count). The Bertz CT molecular complexity index is 250. The second-order valence-corrected chi connectivity index (χ2v) is 6.30. The van der Waals surface area contributed by atoms with Gasteiger partial charge in [0.05, 0.1) is 7.85 Å². The molecule has 0 nitrogen and oxygen atoms in total. The Morgan fingerprint density at radius 2 is 1.82 bits per heavy atom. The van der Waals surface area contributed by atoms with Crippen molar-refractivity contribution in [1.82, 2.24) is 0 Å². The van der Waals surface area contributed by atoms with Gasteiger partial charge in [-0.1, -0.05) is 77.6 Å². The van der Waals surface area contributed by atoms with Gasteiger partial charge in [-0.3, -0.25) is 0 Å². The zero-order valence-corrected chi connectivity index (χ0v) is 12.4. The Labute approximate surface area is 110 Å². The third kappa shape index (κ3) is 6.76. The van der Waals surface area contributed by atoms with E-state index in [9.17, 15) is 0 Å². The van der Waals surface area contributed by atoms with Crippen LogP contribution in [0, 0.1) is 17.8 Å². The molecule has 3 unspecified atom stereocenters. The molecule has 0 heterocycles. The van der Waals surface area contributed by atoms with Crippen molar-refractivity contribution in [3.8, 4) is 0 Å². The Balaban J connectivity index is 4.17. The van der Waals surface area contributed by atoms with Crippen molar-refractivity contribution in [2.75, 3.05) is 0 Å². The maximum atomic E-state index is 6.39. The summed E-state index contributed by atoms with van der Waals surface area (Å²) < 4.78 is 0. The quantitative estimate of drug-likeness (QED) is 0.400. The van der Waals surface area contributed by atoms with Gasteiger partial charge in [0.15, 0.2) is 0 Å². The minimum Gasteiger partial charge on any atom is -0.0988 e. The molecule has 0 fully saturated rings. The molecule has 0 saturated carbocycles. The summed E-state index contributed by atoms with van der Waals surface area (Å²) in [6.45, 7) is 19.0. The van der Waals surface area contributed by atoms with E-state index in [-0.39, 0.29) is 5.31 Å². The summed E-state index contributed by atoms with van der Waals surface area (Å²) in [5, 5.41) is -0.0562. The normalized spacial score (nSPS) is 18.5. The van der Waals surface area contributed by atoms with Crippen molar-refractivity contribution in [2.24, 2.45) is 17.8 Å². The van der Waals surface area contributed by atoms with E-state index in [1.807, 2.05) is 6.08 Å². The van der Waals surface area contributed by atoms with Gasteiger partial charge in [-0.05, 0) is 24.2 Å². The summed E-state index contributed by atoms with van der Waals surface area (Å²) in [7, 11) is 6.39. The molecule has 0 spiro atoms. The average Bonchev–Trinajstić information content (AvgIpc) is 2.24. The topological polar surface area (TPSA) is 0 Å². The van der Waals surface area contributed by atoms with E-state index >= 15 is 0 Å². The van der Waals surface area contributed by atoms with Gasteiger partial charge in [-0.15, -0.1) is 0 Å². The average molecular weight is 232 g/mol. The first kappa shape index (κ1) is 16.5. The number of hydrogen-bond donors (Lipinski definition) is 0. The fourth-order valence-corrected chi connectivity index (χ4v) is 2.01. The second-order valence-electron chi connectivity index (χ2n) is 6.30. The van der Waals surface area contributed by atoms with E-state index in [1.165, 1.54) is 0 Å². The molecule has 0 aliphatic carbocycles. The van der Waals surface area contributed by atoms with Gasteiger partial charge in [0.2, 0.25) is 0 Å². The van der Waals surface area contributed by atoms with Crippen LogP contribution in [0.1, 0.15) is 53.9 Å². The van der Waals surface area contributed by atoms with Crippen LogP contribution < -0.4 is 0 Å². The van der Waals surface area contributed by atoms with Gasteiger partial charge < -0.3 is 0 Å². The number of hydrogen-bond acceptors (Lipinski definition) is 0. The molecular weight excluding hydrogens is 203 g/mol. The fourth-order valence-electron chi connectivity index (χ4n) is 2.01. The third-order valence-electron chi connectivity index (χ3n) is 3.97. The Morgan fingerprint density at radius 1 is 1.29 bits per heavy atom. The molecule has 0 amide bonds. The van der Waals surface area contributed by atoms with E-state index in [0.717, 1.165) is 24.8 Å². The Kier molecular flexibility index (Phi) is 6.90. The third-order valence-corrected chi connectivity index (χ3v) is 3.97. The SMILES string of the molecule is [B]C(C)(CCC(C)C(=C)C=C)CC(C)C(C)C. The standard InChI is InChI=1S/C16H29B/c1-8-13(4)14(5)9-10-16(7,17)11-15(6)12(2)3/h8,12,14-15H,1,4,9-11H2,2-3,5-7H3. The highest BCUT2D eigenvalue weighted by atomic mass is 14.2. The lowest BCUT2D eigenvalue weighted by molar-refractivity contribution is 0.323. The molecule has 3 atom stereocenters. The lowest BCUT2D eigenvalue weighted by atomic mass is 9.61. The van der Waals surface area contributed by atoms with Crippen molar-refractivity contribution < 1.29 is 0 Å². The van der Waals surface area contributed by atoms with Crippen LogP contribution in [-0.2, 0) is 0 Å². The fraction of sp³-hybridized carbons (Fsp3) is 0.750. The van der Waals surface area contributed by atoms with Crippen molar-refractivity contribution in [3.05, 3.63) is 24.8 Å². The van der Waals surface area contributed by atoms with E-state index in [1.54, 1.807) is 0 Å². The highest BCUT2D eigenvalue weighted by Gasteiger charge is 2.22. The van der Waals surface area contributed by atoms with Crippen LogP contribution in [-0.4, -0.2) is 7.85 Å². The molecule has 0 aromatic heterocycles. The number of rotatable bonds is 8. The van der Waals surface area contributed by atoms with Crippen LogP contribution in [0.5, 0.6) is 0 Å². The summed E-state index contributed by atoms with van der Waals surface area (Å²) in [5.41, 5.74) is 1.12. The maximum Gasteiger partial charge on any atom is 0.0742 e. The van der Waals surface area contributed by atoms with Crippen molar-refractivity contribution in [1.29, 1.82) is 0 Å². The first-order valence-corrected chi connectivity index (χ1v) is 6.79. The molecular formula is C16H29B. The molecule has 17 heavy (non-hydrogen) atoms. The van der Waals surface area contributed by atoms with E-state index in [4.69, 9.17) is 7.85 Å². The summed E-state index contributed by atoms with van der Waals surface area (Å²) >= 11 is 0. The summed E-state index contributed by atoms with van der Waals surface area (Å²) in [5.74, 6) is 1.88. The van der Waals surface area contributed by atoms with Crippen LogP contribution in [0.15, 0.2) is 24.8 Å². The van der Waals surface area contributed by atoms with Crippen molar-refractivity contribution in [2.45, 2.75) is 59.2 Å². The minimum absolute atomic E-state index is 0.0562. The van der Waals surface area contributed by atoms with Crippen LogP contribution in [0.3, 0.4) is 0 Å². The lowest BCUT2D eigenvalue weighted by Crippen LogP contribution is -2.17. The molecule has 2 radical (unpaired) electrons. The van der Waals surface area contributed by atoms with Gasteiger partial charge >= 0.3 is 0 Å². The lowest BCUT2D eigenvalue weighted by Gasteiger charge is -2.31. The predicted octanol–water partition coefficient (Wildman–Crippen LogP) is 5.17. The molecule has 0 aliphatic heterocycles. The molecule has 0 bridgehead atoms. The van der Waals surface area contributed by atoms with Gasteiger partial charge in [-0.2, -0.15) is 0 Å². The summed E-state index contributed by atoms with van der Waals surface area (Å²) in [4.78, 5) is 0. The first-order chi connectivity index (χ1) is 7.69. The van der Waals surface area contributed by atoms with E-state index < -0.39 is 0 Å². The van der Waals surface area contributed by atoms with Crippen molar-refractivity contribution in [3.63, 3.8) is 0 Å². The zero-order valence-electron chi connectivity index (χ0n) is 12.4. The van der Waals surface area contributed by atoms with E-state index in [0.29, 0.717) is 17.8 Å². The summed E-state index contributed by atoms with van der Waals surface area (Å²) in [6.07, 6.45) is 5.11. The van der Waals surface area contributed by atoms with Gasteiger partial charge in [0, 0.05) is 0 Å². The second kappa shape index (κ2) is 7.08. The van der Waals surface area contributed by atoms with Crippen LogP contribution in [0.25, 0.3) is 0 Å². The Morgan fingerprint density at radius 3 is 2.24 bits per heavy atom. The molecule has 0 saturated heterocycles. The molecule has 0 aromatic carbocycles. The largest absolute Gasteiger partial charge is 0.0988 e. The molecule has 0 N–H and O–H groups in total. The molecule has 0 aliphatic rings.